The molecule has 0 unspecified atom stereocenters. The van der Waals surface area contributed by atoms with Crippen LogP contribution in [0.15, 0.2) is 59.7 Å². The first-order chi connectivity index (χ1) is 11.6. The van der Waals surface area contributed by atoms with Crippen LogP contribution in [0, 0.1) is 0 Å². The Labute approximate surface area is 138 Å². The third kappa shape index (κ3) is 3.70. The van der Waals surface area contributed by atoms with E-state index in [0.29, 0.717) is 30.2 Å². The molecule has 0 aliphatic carbocycles. The minimum absolute atomic E-state index is 0.200. The summed E-state index contributed by atoms with van der Waals surface area (Å²) in [7, 11) is 0. The number of hydrogen-bond acceptors (Lipinski definition) is 4. The molecule has 3 N–H and O–H groups in total. The molecule has 1 aliphatic rings. The van der Waals surface area contributed by atoms with Crippen molar-refractivity contribution < 1.29 is 14.7 Å². The van der Waals surface area contributed by atoms with E-state index in [9.17, 15) is 9.59 Å². The second kappa shape index (κ2) is 6.82. The van der Waals surface area contributed by atoms with Crippen LogP contribution in [0.1, 0.15) is 16.8 Å². The number of nitrogens with zero attached hydrogens (tertiary/aromatic N) is 2. The average molecular weight is 324 g/mol. The van der Waals surface area contributed by atoms with Gasteiger partial charge in [0.15, 0.2) is 0 Å². The molecule has 2 aromatic carbocycles. The second-order valence-electron chi connectivity index (χ2n) is 5.22. The lowest BCUT2D eigenvalue weighted by Gasteiger charge is -2.13. The molecule has 24 heavy (non-hydrogen) atoms. The molecule has 0 spiro atoms. The molecular formula is C17H16N4O3. The molecule has 2 amide bonds. The number of anilines is 2. The molecule has 0 atom stereocenters. The van der Waals surface area contributed by atoms with E-state index < -0.39 is 5.97 Å². The summed E-state index contributed by atoms with van der Waals surface area (Å²) >= 11 is 0. The number of hydrogen-bond donors (Lipinski definition) is 3. The van der Waals surface area contributed by atoms with Crippen molar-refractivity contribution in [3.8, 4) is 0 Å². The monoisotopic (exact) mass is 324 g/mol. The third-order valence-electron chi connectivity index (χ3n) is 3.48. The topological polar surface area (TPSA) is 94.0 Å². The number of carboxylic acid groups (broad SMARTS) is 1. The van der Waals surface area contributed by atoms with Crippen molar-refractivity contribution in [3.05, 3.63) is 60.2 Å². The Morgan fingerprint density at radius 1 is 1.04 bits per heavy atom. The fraction of sp³-hybridized carbons (Fsp3) is 0.118. The zero-order valence-corrected chi connectivity index (χ0v) is 12.8. The van der Waals surface area contributed by atoms with E-state index in [1.54, 1.807) is 35.3 Å². The summed E-state index contributed by atoms with van der Waals surface area (Å²) in [5, 5.41) is 20.5. The second-order valence-corrected chi connectivity index (χ2v) is 5.22. The minimum atomic E-state index is -0.986. The molecule has 3 rings (SSSR count). The number of carboxylic acids is 1. The van der Waals surface area contributed by atoms with Gasteiger partial charge in [-0.1, -0.05) is 24.3 Å². The van der Waals surface area contributed by atoms with Crippen molar-refractivity contribution >= 4 is 29.2 Å². The zero-order valence-electron chi connectivity index (χ0n) is 12.8. The summed E-state index contributed by atoms with van der Waals surface area (Å²) in [5.41, 5.74) is 1.57. The molecular weight excluding hydrogens is 308 g/mol. The molecule has 0 saturated carbocycles. The van der Waals surface area contributed by atoms with Crippen molar-refractivity contribution in [2.75, 3.05) is 16.9 Å². The first-order valence-corrected chi connectivity index (χ1v) is 7.43. The lowest BCUT2D eigenvalue weighted by Crippen LogP contribution is -2.33. The summed E-state index contributed by atoms with van der Waals surface area (Å²) in [6.07, 6.45) is 0.569. The SMILES string of the molecule is O=C(NC1=NN(c2cccc(C(=O)O)c2)CC1)Nc1ccccc1. The summed E-state index contributed by atoms with van der Waals surface area (Å²) in [6.45, 7) is 0.573. The maximum Gasteiger partial charge on any atom is 0.335 e. The minimum Gasteiger partial charge on any atom is -0.478 e. The summed E-state index contributed by atoms with van der Waals surface area (Å²) in [4.78, 5) is 23.0. The summed E-state index contributed by atoms with van der Waals surface area (Å²) in [6, 6.07) is 15.3. The van der Waals surface area contributed by atoms with E-state index in [0.717, 1.165) is 0 Å². The van der Waals surface area contributed by atoms with Crippen molar-refractivity contribution in [1.82, 2.24) is 5.32 Å². The summed E-state index contributed by atoms with van der Waals surface area (Å²) in [5.74, 6) is -0.454. The van der Waals surface area contributed by atoms with Crippen LogP contribution < -0.4 is 15.6 Å². The number of hydrazone groups is 1. The van der Waals surface area contributed by atoms with E-state index in [1.807, 2.05) is 18.2 Å². The smallest absolute Gasteiger partial charge is 0.335 e. The molecule has 0 radical (unpaired) electrons. The van der Waals surface area contributed by atoms with Crippen LogP contribution in [-0.2, 0) is 0 Å². The number of aromatic carboxylic acids is 1. The Bertz CT molecular complexity index is 789. The highest BCUT2D eigenvalue weighted by molar-refractivity contribution is 6.04. The average Bonchev–Trinajstić information content (AvgIpc) is 3.04. The van der Waals surface area contributed by atoms with Crippen molar-refractivity contribution in [2.24, 2.45) is 5.10 Å². The van der Waals surface area contributed by atoms with Gasteiger partial charge in [-0.15, -0.1) is 0 Å². The molecule has 0 bridgehead atoms. The normalized spacial score (nSPS) is 13.3. The molecule has 7 heteroatoms. The number of para-hydroxylation sites is 1. The third-order valence-corrected chi connectivity index (χ3v) is 3.48. The van der Waals surface area contributed by atoms with Crippen molar-refractivity contribution in [1.29, 1.82) is 0 Å². The lowest BCUT2D eigenvalue weighted by atomic mass is 10.2. The zero-order chi connectivity index (χ0) is 16.9. The van der Waals surface area contributed by atoms with E-state index in [1.165, 1.54) is 6.07 Å². The van der Waals surface area contributed by atoms with Crippen LogP contribution >= 0.6 is 0 Å². The van der Waals surface area contributed by atoms with Crippen molar-refractivity contribution in [2.45, 2.75) is 6.42 Å². The first kappa shape index (κ1) is 15.5. The quantitative estimate of drug-likeness (QED) is 0.809. The predicted octanol–water partition coefficient (Wildman–Crippen LogP) is 2.73. The van der Waals surface area contributed by atoms with Crippen LogP contribution in [0.4, 0.5) is 16.2 Å². The molecule has 7 nitrogen and oxygen atoms in total. The molecule has 122 valence electrons. The van der Waals surface area contributed by atoms with Gasteiger partial charge in [-0.2, -0.15) is 5.10 Å². The van der Waals surface area contributed by atoms with E-state index in [2.05, 4.69) is 15.7 Å². The van der Waals surface area contributed by atoms with Gasteiger partial charge in [0.1, 0.15) is 5.84 Å². The Hall–Kier alpha value is -3.35. The number of rotatable bonds is 3. The van der Waals surface area contributed by atoms with Gasteiger partial charge in [0.05, 0.1) is 11.3 Å². The number of amides is 2. The van der Waals surface area contributed by atoms with Gasteiger partial charge in [-0.05, 0) is 30.3 Å². The van der Waals surface area contributed by atoms with Gasteiger partial charge in [-0.25, -0.2) is 9.59 Å². The molecule has 0 aromatic heterocycles. The fourth-order valence-corrected chi connectivity index (χ4v) is 2.35. The maximum absolute atomic E-state index is 12.0. The van der Waals surface area contributed by atoms with Crippen LogP contribution in [0.3, 0.4) is 0 Å². The highest BCUT2D eigenvalue weighted by atomic mass is 16.4. The molecule has 2 aromatic rings. The Morgan fingerprint density at radius 3 is 2.58 bits per heavy atom. The number of amidine groups is 1. The number of carbonyl (C=O) groups excluding carboxylic acids is 1. The number of urea groups is 1. The number of nitrogens with one attached hydrogen (secondary N) is 2. The van der Waals surface area contributed by atoms with Gasteiger partial charge in [-0.3, -0.25) is 10.3 Å². The fourth-order valence-electron chi connectivity index (χ4n) is 2.35. The van der Waals surface area contributed by atoms with Crippen LogP contribution in [0.25, 0.3) is 0 Å². The highest BCUT2D eigenvalue weighted by Crippen LogP contribution is 2.20. The Kier molecular flexibility index (Phi) is 4.42. The van der Waals surface area contributed by atoms with E-state index in [4.69, 9.17) is 5.11 Å². The Morgan fingerprint density at radius 2 is 1.83 bits per heavy atom. The number of carbonyl (C=O) groups is 2. The molecule has 1 heterocycles. The van der Waals surface area contributed by atoms with E-state index in [-0.39, 0.29) is 11.6 Å². The lowest BCUT2D eigenvalue weighted by molar-refractivity contribution is 0.0697. The highest BCUT2D eigenvalue weighted by Gasteiger charge is 2.18. The van der Waals surface area contributed by atoms with Crippen LogP contribution in [-0.4, -0.2) is 29.5 Å². The maximum atomic E-state index is 12.0. The molecule has 0 saturated heterocycles. The largest absolute Gasteiger partial charge is 0.478 e. The van der Waals surface area contributed by atoms with Gasteiger partial charge >= 0.3 is 12.0 Å². The van der Waals surface area contributed by atoms with Gasteiger partial charge in [0, 0.05) is 18.7 Å². The van der Waals surface area contributed by atoms with Gasteiger partial charge < -0.3 is 10.4 Å². The predicted molar refractivity (Wildman–Crippen MR) is 91.4 cm³/mol. The van der Waals surface area contributed by atoms with Gasteiger partial charge in [0.2, 0.25) is 0 Å². The Balaban J connectivity index is 1.64. The molecule has 1 aliphatic heterocycles. The standard InChI is InChI=1S/C17H16N4O3/c22-16(23)12-5-4-8-14(11-12)21-10-9-15(20-21)19-17(24)18-13-6-2-1-3-7-13/h1-8,11H,9-10H2,(H,22,23)(H2,18,19,20,24). The van der Waals surface area contributed by atoms with Crippen LogP contribution in [0.2, 0.25) is 0 Å². The van der Waals surface area contributed by atoms with Crippen LogP contribution in [0.5, 0.6) is 0 Å². The summed E-state index contributed by atoms with van der Waals surface area (Å²) < 4.78 is 0. The number of benzene rings is 2. The first-order valence-electron chi connectivity index (χ1n) is 7.43. The molecule has 0 fully saturated rings. The van der Waals surface area contributed by atoms with Gasteiger partial charge in [0.25, 0.3) is 0 Å². The van der Waals surface area contributed by atoms with E-state index >= 15 is 0 Å². The van der Waals surface area contributed by atoms with Crippen molar-refractivity contribution in [3.63, 3.8) is 0 Å².